The van der Waals surface area contributed by atoms with Crippen LogP contribution in [0.3, 0.4) is 0 Å². The van der Waals surface area contributed by atoms with Gasteiger partial charge in [-0.25, -0.2) is 0 Å². The van der Waals surface area contributed by atoms with E-state index in [0.717, 1.165) is 5.56 Å². The summed E-state index contributed by atoms with van der Waals surface area (Å²) in [4.78, 5) is 38.5. The van der Waals surface area contributed by atoms with Crippen molar-refractivity contribution in [1.29, 1.82) is 0 Å². The van der Waals surface area contributed by atoms with Crippen LogP contribution in [0.15, 0.2) is 66.7 Å². The number of anilines is 1. The molecule has 1 aliphatic rings. The van der Waals surface area contributed by atoms with Gasteiger partial charge in [0.25, 0.3) is 0 Å². The first-order valence-corrected chi connectivity index (χ1v) is 10.1. The third-order valence-electron chi connectivity index (χ3n) is 5.13. The second-order valence-corrected chi connectivity index (χ2v) is 7.10. The van der Waals surface area contributed by atoms with E-state index in [-0.39, 0.29) is 22.7 Å². The second kappa shape index (κ2) is 8.89. The highest BCUT2D eigenvalue weighted by molar-refractivity contribution is 6.30. The number of benzene rings is 3. The van der Waals surface area contributed by atoms with E-state index < -0.39 is 5.91 Å². The summed E-state index contributed by atoms with van der Waals surface area (Å²) in [7, 11) is 1.55. The van der Waals surface area contributed by atoms with Crippen molar-refractivity contribution in [3.05, 3.63) is 94.6 Å². The normalized spacial score (nSPS) is 12.3. The van der Waals surface area contributed by atoms with Gasteiger partial charge in [-0.2, -0.15) is 0 Å². The molecule has 160 valence electrons. The predicted molar refractivity (Wildman–Crippen MR) is 122 cm³/mol. The lowest BCUT2D eigenvalue weighted by Crippen LogP contribution is -2.23. The first-order valence-electron chi connectivity index (χ1n) is 10.1. The second-order valence-electron chi connectivity index (χ2n) is 7.10. The Bertz CT molecular complexity index is 1260. The van der Waals surface area contributed by atoms with Gasteiger partial charge in [0.05, 0.1) is 25.0 Å². The molecule has 0 atom stereocenters. The molecule has 0 heterocycles. The summed E-state index contributed by atoms with van der Waals surface area (Å²) in [6.45, 7) is 2.40. The highest BCUT2D eigenvalue weighted by Gasteiger charge is 2.31. The van der Waals surface area contributed by atoms with Crippen LogP contribution in [-0.4, -0.2) is 31.2 Å². The van der Waals surface area contributed by atoms with E-state index in [1.54, 1.807) is 73.8 Å². The molecular weight excluding hydrogens is 406 g/mol. The Balaban J connectivity index is 1.58. The van der Waals surface area contributed by atoms with E-state index in [2.05, 4.69) is 5.32 Å². The fraction of sp³-hybridized carbons (Fsp3) is 0.115. The molecular formula is C26H21NO5. The van der Waals surface area contributed by atoms with E-state index in [4.69, 9.17) is 9.47 Å². The molecule has 0 spiro atoms. The summed E-state index contributed by atoms with van der Waals surface area (Å²) in [6.07, 6.45) is 2.99. The predicted octanol–water partition coefficient (Wildman–Crippen LogP) is 4.52. The Morgan fingerprint density at radius 2 is 1.62 bits per heavy atom. The first-order chi connectivity index (χ1) is 15.5. The van der Waals surface area contributed by atoms with Crippen LogP contribution in [0.4, 0.5) is 5.69 Å². The maximum absolute atomic E-state index is 13.0. The molecule has 1 amide bonds. The molecule has 0 aromatic heterocycles. The number of carbonyl (C=O) groups excluding carboxylic acids is 3. The molecule has 1 aliphatic carbocycles. The van der Waals surface area contributed by atoms with Gasteiger partial charge in [0.2, 0.25) is 5.91 Å². The van der Waals surface area contributed by atoms with Crippen molar-refractivity contribution in [3.63, 3.8) is 0 Å². The Labute approximate surface area is 185 Å². The summed E-state index contributed by atoms with van der Waals surface area (Å²) >= 11 is 0. The lowest BCUT2D eigenvalue weighted by molar-refractivity contribution is -0.111. The van der Waals surface area contributed by atoms with Gasteiger partial charge < -0.3 is 14.8 Å². The first kappa shape index (κ1) is 21.1. The van der Waals surface area contributed by atoms with Crippen LogP contribution >= 0.6 is 0 Å². The van der Waals surface area contributed by atoms with Gasteiger partial charge in [0.15, 0.2) is 23.1 Å². The minimum absolute atomic E-state index is 0.209. The average molecular weight is 427 g/mol. The van der Waals surface area contributed by atoms with Crippen molar-refractivity contribution in [2.24, 2.45) is 0 Å². The standard InChI is InChI=1S/C26H21NO5/c1-3-32-21-13-11-16(15-22(21)31-2)12-14-23(28)27-20-10-6-9-19-24(20)26(30)18-8-5-4-7-17(18)25(19)29/h4-15H,3H2,1-2H3,(H,27,28)/b14-12+. The summed E-state index contributed by atoms with van der Waals surface area (Å²) in [5.41, 5.74) is 2.25. The molecule has 0 radical (unpaired) electrons. The van der Waals surface area contributed by atoms with Crippen LogP contribution in [0.25, 0.3) is 6.08 Å². The van der Waals surface area contributed by atoms with Gasteiger partial charge in [-0.1, -0.05) is 42.5 Å². The molecule has 4 rings (SSSR count). The topological polar surface area (TPSA) is 81.7 Å². The number of carbonyl (C=O) groups is 3. The third kappa shape index (κ3) is 3.90. The number of fused-ring (bicyclic) bond motifs is 2. The molecule has 0 saturated carbocycles. The minimum Gasteiger partial charge on any atom is -0.493 e. The molecule has 3 aromatic rings. The van der Waals surface area contributed by atoms with Gasteiger partial charge in [-0.05, 0) is 36.8 Å². The molecule has 0 bridgehead atoms. The number of amides is 1. The van der Waals surface area contributed by atoms with E-state index in [0.29, 0.717) is 34.9 Å². The van der Waals surface area contributed by atoms with Crippen molar-refractivity contribution in [3.8, 4) is 11.5 Å². The van der Waals surface area contributed by atoms with Crippen molar-refractivity contribution in [1.82, 2.24) is 0 Å². The largest absolute Gasteiger partial charge is 0.493 e. The molecule has 32 heavy (non-hydrogen) atoms. The molecule has 6 nitrogen and oxygen atoms in total. The van der Waals surface area contributed by atoms with E-state index in [1.807, 2.05) is 6.92 Å². The summed E-state index contributed by atoms with van der Waals surface area (Å²) in [5, 5.41) is 2.73. The van der Waals surface area contributed by atoms with E-state index in [9.17, 15) is 14.4 Å². The van der Waals surface area contributed by atoms with Crippen molar-refractivity contribution in [2.75, 3.05) is 19.0 Å². The van der Waals surface area contributed by atoms with Crippen LogP contribution in [0.5, 0.6) is 11.5 Å². The monoisotopic (exact) mass is 427 g/mol. The van der Waals surface area contributed by atoms with Crippen LogP contribution < -0.4 is 14.8 Å². The fourth-order valence-electron chi connectivity index (χ4n) is 3.66. The number of hydrogen-bond donors (Lipinski definition) is 1. The smallest absolute Gasteiger partial charge is 0.248 e. The van der Waals surface area contributed by atoms with Gasteiger partial charge in [-0.3, -0.25) is 14.4 Å². The van der Waals surface area contributed by atoms with E-state index >= 15 is 0 Å². The lowest BCUT2D eigenvalue weighted by Gasteiger charge is -2.20. The van der Waals surface area contributed by atoms with Gasteiger partial charge in [0.1, 0.15) is 0 Å². The number of ketones is 2. The van der Waals surface area contributed by atoms with Crippen molar-refractivity contribution >= 4 is 29.2 Å². The maximum Gasteiger partial charge on any atom is 0.248 e. The van der Waals surface area contributed by atoms with Crippen molar-refractivity contribution in [2.45, 2.75) is 6.92 Å². The lowest BCUT2D eigenvalue weighted by atomic mass is 9.83. The molecule has 6 heteroatoms. The molecule has 0 aliphatic heterocycles. The average Bonchev–Trinajstić information content (AvgIpc) is 2.82. The van der Waals surface area contributed by atoms with Gasteiger partial charge >= 0.3 is 0 Å². The third-order valence-corrected chi connectivity index (χ3v) is 5.13. The SMILES string of the molecule is CCOc1ccc(/C=C/C(=O)Nc2cccc3c2C(=O)c2ccccc2C3=O)cc1OC. The Morgan fingerprint density at radius 3 is 2.34 bits per heavy atom. The number of rotatable bonds is 6. The molecule has 0 fully saturated rings. The zero-order valence-electron chi connectivity index (χ0n) is 17.7. The molecule has 0 saturated heterocycles. The van der Waals surface area contributed by atoms with E-state index in [1.165, 1.54) is 6.08 Å². The Morgan fingerprint density at radius 1 is 0.906 bits per heavy atom. The van der Waals surface area contributed by atoms with Crippen LogP contribution in [-0.2, 0) is 4.79 Å². The van der Waals surface area contributed by atoms with Crippen LogP contribution in [0.2, 0.25) is 0 Å². The van der Waals surface area contributed by atoms with Crippen molar-refractivity contribution < 1.29 is 23.9 Å². The number of methoxy groups -OCH3 is 1. The van der Waals surface area contributed by atoms with Crippen LogP contribution in [0.1, 0.15) is 44.3 Å². The zero-order chi connectivity index (χ0) is 22.7. The van der Waals surface area contributed by atoms with Gasteiger partial charge in [-0.15, -0.1) is 0 Å². The summed E-state index contributed by atoms with van der Waals surface area (Å²) < 4.78 is 10.8. The minimum atomic E-state index is -0.426. The van der Waals surface area contributed by atoms with Crippen LogP contribution in [0, 0.1) is 0 Å². The summed E-state index contributed by atoms with van der Waals surface area (Å²) in [6, 6.07) is 16.9. The summed E-state index contributed by atoms with van der Waals surface area (Å²) in [5.74, 6) is 0.241. The Kier molecular flexibility index (Phi) is 5.85. The number of nitrogens with one attached hydrogen (secondary N) is 1. The number of hydrogen-bond acceptors (Lipinski definition) is 5. The Hall–Kier alpha value is -4.19. The molecule has 3 aromatic carbocycles. The highest BCUT2D eigenvalue weighted by atomic mass is 16.5. The molecule has 0 unspecified atom stereocenters. The number of ether oxygens (including phenoxy) is 2. The maximum atomic E-state index is 13.0. The quantitative estimate of drug-likeness (QED) is 0.458. The fourth-order valence-corrected chi connectivity index (χ4v) is 3.66. The molecule has 1 N–H and O–H groups in total. The highest BCUT2D eigenvalue weighted by Crippen LogP contribution is 2.32. The van der Waals surface area contributed by atoms with Gasteiger partial charge in [0, 0.05) is 22.8 Å². The zero-order valence-corrected chi connectivity index (χ0v) is 17.7.